The molecular weight excluding hydrogens is 306 g/mol. The first-order valence-corrected chi connectivity index (χ1v) is 8.86. The van der Waals surface area contributed by atoms with Gasteiger partial charge in [0, 0.05) is 38.7 Å². The quantitative estimate of drug-likeness (QED) is 0.771. The van der Waals surface area contributed by atoms with Gasteiger partial charge in [-0.25, -0.2) is 0 Å². The standard InChI is InChI=1S/C17H27N5O2/c1-4-5-6-16-18-17(24-20-16)14(3)22-9-7-21(8-10-22)12-15-11-13(2)19-23-15/h11,14H,4-10,12H2,1-3H3. The van der Waals surface area contributed by atoms with E-state index < -0.39 is 0 Å². The number of hydrogen-bond donors (Lipinski definition) is 0. The van der Waals surface area contributed by atoms with Crippen molar-refractivity contribution in [3.63, 3.8) is 0 Å². The molecule has 1 fully saturated rings. The number of aromatic nitrogens is 3. The van der Waals surface area contributed by atoms with Crippen LogP contribution in [0.25, 0.3) is 0 Å². The van der Waals surface area contributed by atoms with Crippen molar-refractivity contribution >= 4 is 0 Å². The molecule has 1 aliphatic rings. The lowest BCUT2D eigenvalue weighted by Gasteiger charge is -2.36. The molecule has 0 N–H and O–H groups in total. The predicted octanol–water partition coefficient (Wildman–Crippen LogP) is 2.59. The number of hydrogen-bond acceptors (Lipinski definition) is 7. The molecule has 0 bridgehead atoms. The first-order valence-electron chi connectivity index (χ1n) is 8.86. The summed E-state index contributed by atoms with van der Waals surface area (Å²) in [5.74, 6) is 2.50. The van der Waals surface area contributed by atoms with Crippen LogP contribution in [0.5, 0.6) is 0 Å². The third-order valence-electron chi connectivity index (χ3n) is 4.61. The van der Waals surface area contributed by atoms with E-state index in [-0.39, 0.29) is 6.04 Å². The molecule has 1 atom stereocenters. The molecule has 7 nitrogen and oxygen atoms in total. The van der Waals surface area contributed by atoms with E-state index in [9.17, 15) is 0 Å². The van der Waals surface area contributed by atoms with Crippen molar-refractivity contribution in [3.05, 3.63) is 29.2 Å². The minimum atomic E-state index is 0.169. The Kier molecular flexibility index (Phi) is 5.63. The molecular formula is C17H27N5O2. The molecule has 3 heterocycles. The Bertz CT molecular complexity index is 630. The summed E-state index contributed by atoms with van der Waals surface area (Å²) in [5.41, 5.74) is 0.938. The van der Waals surface area contributed by atoms with Crippen molar-refractivity contribution in [2.45, 2.75) is 52.6 Å². The summed E-state index contributed by atoms with van der Waals surface area (Å²) in [7, 11) is 0. The zero-order valence-corrected chi connectivity index (χ0v) is 14.9. The fourth-order valence-corrected chi connectivity index (χ4v) is 3.05. The molecule has 0 saturated carbocycles. The second-order valence-electron chi connectivity index (χ2n) is 6.58. The van der Waals surface area contributed by atoms with E-state index in [0.717, 1.165) is 75.2 Å². The molecule has 1 saturated heterocycles. The molecule has 3 rings (SSSR count). The Morgan fingerprint density at radius 2 is 1.96 bits per heavy atom. The molecule has 7 heteroatoms. The van der Waals surface area contributed by atoms with Crippen LogP contribution in [0, 0.1) is 6.92 Å². The monoisotopic (exact) mass is 333 g/mol. The lowest BCUT2D eigenvalue weighted by Crippen LogP contribution is -2.46. The van der Waals surface area contributed by atoms with Crippen molar-refractivity contribution < 1.29 is 9.05 Å². The fourth-order valence-electron chi connectivity index (χ4n) is 3.05. The average molecular weight is 333 g/mol. The van der Waals surface area contributed by atoms with Gasteiger partial charge in [0.25, 0.3) is 0 Å². The Balaban J connectivity index is 1.49. The number of aryl methyl sites for hydroxylation is 2. The maximum Gasteiger partial charge on any atom is 0.243 e. The van der Waals surface area contributed by atoms with Crippen LogP contribution in [0.4, 0.5) is 0 Å². The van der Waals surface area contributed by atoms with Crippen LogP contribution in [-0.2, 0) is 13.0 Å². The SMILES string of the molecule is CCCCc1noc(C(C)N2CCN(Cc3cc(C)no3)CC2)n1. The molecule has 0 spiro atoms. The first kappa shape index (κ1) is 17.1. The summed E-state index contributed by atoms with van der Waals surface area (Å²) in [6, 6.07) is 2.17. The highest BCUT2D eigenvalue weighted by Gasteiger charge is 2.26. The smallest absolute Gasteiger partial charge is 0.243 e. The number of rotatable bonds is 7. The van der Waals surface area contributed by atoms with Gasteiger partial charge in [-0.1, -0.05) is 23.7 Å². The minimum absolute atomic E-state index is 0.169. The molecule has 0 radical (unpaired) electrons. The van der Waals surface area contributed by atoms with Gasteiger partial charge in [-0.05, 0) is 20.3 Å². The number of piperazine rings is 1. The highest BCUT2D eigenvalue weighted by Crippen LogP contribution is 2.21. The molecule has 0 aromatic carbocycles. The molecule has 2 aromatic heterocycles. The number of unbranched alkanes of at least 4 members (excludes halogenated alkanes) is 1. The normalized spacial score (nSPS) is 18.1. The average Bonchev–Trinajstić information content (AvgIpc) is 3.22. The molecule has 1 aliphatic heterocycles. The van der Waals surface area contributed by atoms with Crippen LogP contribution >= 0.6 is 0 Å². The van der Waals surface area contributed by atoms with Gasteiger partial charge >= 0.3 is 0 Å². The molecule has 24 heavy (non-hydrogen) atoms. The predicted molar refractivity (Wildman–Crippen MR) is 89.4 cm³/mol. The molecule has 132 valence electrons. The lowest BCUT2D eigenvalue weighted by molar-refractivity contribution is 0.0795. The third-order valence-corrected chi connectivity index (χ3v) is 4.61. The Morgan fingerprint density at radius 3 is 2.62 bits per heavy atom. The summed E-state index contributed by atoms with van der Waals surface area (Å²) >= 11 is 0. The van der Waals surface area contributed by atoms with Gasteiger partial charge in [0.05, 0.1) is 18.3 Å². The van der Waals surface area contributed by atoms with Crippen LogP contribution < -0.4 is 0 Å². The zero-order valence-electron chi connectivity index (χ0n) is 14.9. The van der Waals surface area contributed by atoms with E-state index in [0.29, 0.717) is 0 Å². The van der Waals surface area contributed by atoms with Crippen LogP contribution in [0.15, 0.2) is 15.1 Å². The van der Waals surface area contributed by atoms with Gasteiger partial charge in [-0.3, -0.25) is 9.80 Å². The second-order valence-corrected chi connectivity index (χ2v) is 6.58. The van der Waals surface area contributed by atoms with E-state index >= 15 is 0 Å². The van der Waals surface area contributed by atoms with Crippen LogP contribution in [-0.4, -0.2) is 51.3 Å². The molecule has 2 aromatic rings. The summed E-state index contributed by atoms with van der Waals surface area (Å²) in [5, 5.41) is 8.05. The van der Waals surface area contributed by atoms with E-state index in [1.54, 1.807) is 0 Å². The van der Waals surface area contributed by atoms with Crippen molar-refractivity contribution in [2.75, 3.05) is 26.2 Å². The summed E-state index contributed by atoms with van der Waals surface area (Å²) < 4.78 is 10.8. The maximum absolute atomic E-state index is 5.46. The Morgan fingerprint density at radius 1 is 1.17 bits per heavy atom. The van der Waals surface area contributed by atoms with Crippen LogP contribution in [0.2, 0.25) is 0 Å². The topological polar surface area (TPSA) is 71.4 Å². The first-order chi connectivity index (χ1) is 11.7. The maximum atomic E-state index is 5.46. The van der Waals surface area contributed by atoms with Crippen molar-refractivity contribution in [1.82, 2.24) is 25.1 Å². The third kappa shape index (κ3) is 4.21. The van der Waals surface area contributed by atoms with Gasteiger partial charge in [0.2, 0.25) is 5.89 Å². The van der Waals surface area contributed by atoms with Crippen LogP contribution in [0.3, 0.4) is 0 Å². The Hall–Kier alpha value is -1.73. The molecule has 0 amide bonds. The summed E-state index contributed by atoms with van der Waals surface area (Å²) in [6.45, 7) is 11.1. The lowest BCUT2D eigenvalue weighted by atomic mass is 10.2. The minimum Gasteiger partial charge on any atom is -0.360 e. The van der Waals surface area contributed by atoms with Gasteiger partial charge in [-0.2, -0.15) is 4.98 Å². The van der Waals surface area contributed by atoms with Gasteiger partial charge < -0.3 is 9.05 Å². The van der Waals surface area contributed by atoms with Crippen LogP contribution in [0.1, 0.15) is 55.9 Å². The molecule has 0 aliphatic carbocycles. The highest BCUT2D eigenvalue weighted by atomic mass is 16.5. The van der Waals surface area contributed by atoms with Crippen molar-refractivity contribution in [2.24, 2.45) is 0 Å². The number of nitrogens with zero attached hydrogens (tertiary/aromatic N) is 5. The van der Waals surface area contributed by atoms with Gasteiger partial charge in [0.15, 0.2) is 11.6 Å². The highest BCUT2D eigenvalue weighted by molar-refractivity contribution is 5.03. The van der Waals surface area contributed by atoms with E-state index in [1.807, 2.05) is 13.0 Å². The van der Waals surface area contributed by atoms with E-state index in [2.05, 4.69) is 38.9 Å². The summed E-state index contributed by atoms with van der Waals surface area (Å²) in [6.07, 6.45) is 3.15. The van der Waals surface area contributed by atoms with Crippen molar-refractivity contribution in [1.29, 1.82) is 0 Å². The van der Waals surface area contributed by atoms with Crippen molar-refractivity contribution in [3.8, 4) is 0 Å². The zero-order chi connectivity index (χ0) is 16.9. The molecule has 1 unspecified atom stereocenters. The largest absolute Gasteiger partial charge is 0.360 e. The second kappa shape index (κ2) is 7.90. The Labute approximate surface area is 143 Å². The fraction of sp³-hybridized carbons (Fsp3) is 0.706. The summed E-state index contributed by atoms with van der Waals surface area (Å²) in [4.78, 5) is 9.35. The van der Waals surface area contributed by atoms with E-state index in [1.165, 1.54) is 0 Å². The van der Waals surface area contributed by atoms with Gasteiger partial charge in [-0.15, -0.1) is 0 Å². The van der Waals surface area contributed by atoms with Gasteiger partial charge in [0.1, 0.15) is 0 Å². The van der Waals surface area contributed by atoms with E-state index in [4.69, 9.17) is 9.05 Å².